The lowest BCUT2D eigenvalue weighted by atomic mass is 10.2. The van der Waals surface area contributed by atoms with E-state index in [4.69, 9.17) is 0 Å². The van der Waals surface area contributed by atoms with Crippen LogP contribution in [0.4, 0.5) is 5.69 Å². The van der Waals surface area contributed by atoms with Crippen molar-refractivity contribution in [1.82, 2.24) is 14.3 Å². The molecule has 0 saturated heterocycles. The smallest absolute Gasteiger partial charge is 0.276 e. The zero-order valence-electron chi connectivity index (χ0n) is 14.0. The van der Waals surface area contributed by atoms with E-state index >= 15 is 0 Å². The second kappa shape index (κ2) is 7.07. The minimum Gasteiger partial charge on any atom is -0.321 e. The molecule has 3 aromatic rings. The molecule has 0 spiro atoms. The molecule has 0 radical (unpaired) electrons. The Bertz CT molecular complexity index is 872. The predicted octanol–water partition coefficient (Wildman–Crippen LogP) is 3.37. The second-order valence-electron chi connectivity index (χ2n) is 5.76. The first kappa shape index (κ1) is 16.5. The van der Waals surface area contributed by atoms with E-state index in [1.165, 1.54) is 0 Å². The van der Waals surface area contributed by atoms with Crippen molar-refractivity contribution in [2.45, 2.75) is 11.4 Å². The molecule has 0 aliphatic carbocycles. The molecule has 0 aliphatic rings. The molecule has 0 bridgehead atoms. The van der Waals surface area contributed by atoms with Gasteiger partial charge >= 0.3 is 0 Å². The van der Waals surface area contributed by atoms with Gasteiger partial charge in [0, 0.05) is 23.3 Å². The van der Waals surface area contributed by atoms with Crippen LogP contribution in [0.15, 0.2) is 53.6 Å². The van der Waals surface area contributed by atoms with Crippen molar-refractivity contribution in [3.63, 3.8) is 0 Å². The van der Waals surface area contributed by atoms with Gasteiger partial charge in [-0.25, -0.2) is 4.98 Å². The maximum absolute atomic E-state index is 12.8. The number of hydrogen-bond acceptors (Lipinski definition) is 4. The molecule has 0 unspecified atom stereocenters. The van der Waals surface area contributed by atoms with E-state index in [0.29, 0.717) is 12.2 Å². The SMILES string of the molecule is CSc1cccc(NC(=O)c2nc3ccccn3c2CN(C)C)c1. The van der Waals surface area contributed by atoms with Crippen LogP contribution in [0.3, 0.4) is 0 Å². The number of carbonyl (C=O) groups is 1. The summed E-state index contributed by atoms with van der Waals surface area (Å²) in [5.41, 5.74) is 2.90. The van der Waals surface area contributed by atoms with E-state index in [1.54, 1.807) is 11.8 Å². The number of nitrogens with zero attached hydrogens (tertiary/aromatic N) is 3. The summed E-state index contributed by atoms with van der Waals surface area (Å²) in [5, 5.41) is 2.96. The van der Waals surface area contributed by atoms with Gasteiger partial charge in [-0.1, -0.05) is 12.1 Å². The lowest BCUT2D eigenvalue weighted by Crippen LogP contribution is -2.19. The van der Waals surface area contributed by atoms with Gasteiger partial charge in [0.1, 0.15) is 5.65 Å². The van der Waals surface area contributed by atoms with Gasteiger partial charge in [0.25, 0.3) is 5.91 Å². The van der Waals surface area contributed by atoms with E-state index < -0.39 is 0 Å². The van der Waals surface area contributed by atoms with Gasteiger partial charge in [0.2, 0.25) is 0 Å². The Kier molecular flexibility index (Phi) is 4.87. The summed E-state index contributed by atoms with van der Waals surface area (Å²) >= 11 is 1.64. The summed E-state index contributed by atoms with van der Waals surface area (Å²) in [7, 11) is 3.96. The van der Waals surface area contributed by atoms with Crippen molar-refractivity contribution in [3.8, 4) is 0 Å². The highest BCUT2D eigenvalue weighted by atomic mass is 32.2. The summed E-state index contributed by atoms with van der Waals surface area (Å²) in [5.74, 6) is -0.186. The lowest BCUT2D eigenvalue weighted by molar-refractivity contribution is 0.102. The molecule has 0 fully saturated rings. The topological polar surface area (TPSA) is 49.6 Å². The van der Waals surface area contributed by atoms with Crippen molar-refractivity contribution >= 4 is 29.0 Å². The van der Waals surface area contributed by atoms with Crippen LogP contribution in [0.5, 0.6) is 0 Å². The zero-order chi connectivity index (χ0) is 17.1. The summed E-state index contributed by atoms with van der Waals surface area (Å²) in [6.07, 6.45) is 3.95. The molecular formula is C18H20N4OS. The van der Waals surface area contributed by atoms with Gasteiger partial charge in [-0.05, 0) is 50.7 Å². The van der Waals surface area contributed by atoms with E-state index in [2.05, 4.69) is 10.3 Å². The first-order valence-electron chi connectivity index (χ1n) is 7.64. The van der Waals surface area contributed by atoms with Crippen LogP contribution in [-0.2, 0) is 6.54 Å². The van der Waals surface area contributed by atoms with Gasteiger partial charge in [-0.2, -0.15) is 0 Å². The van der Waals surface area contributed by atoms with Crippen LogP contribution in [0.1, 0.15) is 16.2 Å². The lowest BCUT2D eigenvalue weighted by Gasteiger charge is -2.11. The molecular weight excluding hydrogens is 320 g/mol. The first-order chi connectivity index (χ1) is 11.6. The normalized spacial score (nSPS) is 11.2. The average molecular weight is 340 g/mol. The molecule has 3 rings (SSSR count). The highest BCUT2D eigenvalue weighted by molar-refractivity contribution is 7.98. The Balaban J connectivity index is 1.96. The number of rotatable bonds is 5. The maximum atomic E-state index is 12.8. The fourth-order valence-electron chi connectivity index (χ4n) is 2.57. The number of pyridine rings is 1. The number of anilines is 1. The average Bonchev–Trinajstić information content (AvgIpc) is 2.93. The van der Waals surface area contributed by atoms with Crippen molar-refractivity contribution in [3.05, 3.63) is 60.0 Å². The van der Waals surface area contributed by atoms with Gasteiger partial charge in [-0.3, -0.25) is 4.79 Å². The van der Waals surface area contributed by atoms with Gasteiger partial charge in [0.15, 0.2) is 5.69 Å². The van der Waals surface area contributed by atoms with Gasteiger partial charge in [-0.15, -0.1) is 11.8 Å². The Labute approximate surface area is 145 Å². The fraction of sp³-hybridized carbons (Fsp3) is 0.222. The molecule has 1 aromatic carbocycles. The molecule has 24 heavy (non-hydrogen) atoms. The predicted molar refractivity (Wildman–Crippen MR) is 98.8 cm³/mol. The van der Waals surface area contributed by atoms with Gasteiger partial charge < -0.3 is 14.6 Å². The fourth-order valence-corrected chi connectivity index (χ4v) is 3.03. The Morgan fingerprint density at radius 1 is 1.25 bits per heavy atom. The summed E-state index contributed by atoms with van der Waals surface area (Å²) in [6, 6.07) is 13.6. The quantitative estimate of drug-likeness (QED) is 0.724. The highest BCUT2D eigenvalue weighted by Gasteiger charge is 2.19. The minimum atomic E-state index is -0.186. The number of amides is 1. The van der Waals surface area contributed by atoms with Crippen molar-refractivity contribution < 1.29 is 4.79 Å². The third kappa shape index (κ3) is 3.44. The molecule has 0 aliphatic heterocycles. The third-order valence-electron chi connectivity index (χ3n) is 3.64. The largest absolute Gasteiger partial charge is 0.321 e. The minimum absolute atomic E-state index is 0.186. The highest BCUT2D eigenvalue weighted by Crippen LogP contribution is 2.21. The number of benzene rings is 1. The number of carbonyl (C=O) groups excluding carboxylic acids is 1. The van der Waals surface area contributed by atoms with E-state index in [9.17, 15) is 4.79 Å². The summed E-state index contributed by atoms with van der Waals surface area (Å²) in [6.45, 7) is 0.638. The van der Waals surface area contributed by atoms with Crippen molar-refractivity contribution in [2.75, 3.05) is 25.7 Å². The molecule has 0 saturated carbocycles. The van der Waals surface area contributed by atoms with Crippen molar-refractivity contribution in [1.29, 1.82) is 0 Å². The summed E-state index contributed by atoms with van der Waals surface area (Å²) < 4.78 is 1.97. The first-order valence-corrected chi connectivity index (χ1v) is 8.87. The van der Waals surface area contributed by atoms with E-state index in [-0.39, 0.29) is 5.91 Å². The summed E-state index contributed by atoms with van der Waals surface area (Å²) in [4.78, 5) is 20.4. The molecule has 0 atom stereocenters. The number of thioether (sulfide) groups is 1. The Morgan fingerprint density at radius 3 is 2.83 bits per heavy atom. The molecule has 1 N–H and O–H groups in total. The molecule has 124 valence electrons. The third-order valence-corrected chi connectivity index (χ3v) is 4.36. The van der Waals surface area contributed by atoms with E-state index in [1.807, 2.05) is 78.3 Å². The number of aromatic nitrogens is 2. The van der Waals surface area contributed by atoms with Crippen LogP contribution in [0, 0.1) is 0 Å². The molecule has 2 aromatic heterocycles. The van der Waals surface area contributed by atoms with Crippen LogP contribution in [-0.4, -0.2) is 40.5 Å². The second-order valence-corrected chi connectivity index (χ2v) is 6.64. The molecule has 6 heteroatoms. The number of nitrogens with one attached hydrogen (secondary N) is 1. The number of hydrogen-bond donors (Lipinski definition) is 1. The Morgan fingerprint density at radius 2 is 2.08 bits per heavy atom. The number of fused-ring (bicyclic) bond motifs is 1. The maximum Gasteiger partial charge on any atom is 0.276 e. The molecule has 1 amide bonds. The molecule has 2 heterocycles. The number of imidazole rings is 1. The zero-order valence-corrected chi connectivity index (χ0v) is 14.8. The Hall–Kier alpha value is -2.31. The van der Waals surface area contributed by atoms with Crippen LogP contribution >= 0.6 is 11.8 Å². The van der Waals surface area contributed by atoms with Gasteiger partial charge in [0.05, 0.1) is 5.69 Å². The van der Waals surface area contributed by atoms with Crippen molar-refractivity contribution in [2.24, 2.45) is 0 Å². The van der Waals surface area contributed by atoms with Crippen LogP contribution in [0.25, 0.3) is 5.65 Å². The standard InChI is InChI=1S/C18H20N4OS/c1-21(2)12-15-17(20-16-9-4-5-10-22(15)16)18(23)19-13-7-6-8-14(11-13)24-3/h4-11H,12H2,1-3H3,(H,19,23). The monoisotopic (exact) mass is 340 g/mol. The van der Waals surface area contributed by atoms with Crippen LogP contribution < -0.4 is 5.32 Å². The molecule has 5 nitrogen and oxygen atoms in total. The van der Waals surface area contributed by atoms with E-state index in [0.717, 1.165) is 21.9 Å². The van der Waals surface area contributed by atoms with Crippen LogP contribution in [0.2, 0.25) is 0 Å².